The van der Waals surface area contributed by atoms with E-state index in [0.717, 1.165) is 30.2 Å². The second-order valence-electron chi connectivity index (χ2n) is 14.2. The lowest BCUT2D eigenvalue weighted by Crippen LogP contribution is -2.71. The number of nitrogens with zero attached hydrogens (tertiary/aromatic N) is 4. The van der Waals surface area contributed by atoms with Gasteiger partial charge in [0, 0.05) is 33.3 Å². The van der Waals surface area contributed by atoms with Crippen LogP contribution in [0.1, 0.15) is 64.7 Å². The summed E-state index contributed by atoms with van der Waals surface area (Å²) in [4.78, 5) is 70.3. The van der Waals surface area contributed by atoms with Gasteiger partial charge in [-0.15, -0.1) is 0 Å². The predicted octanol–water partition coefficient (Wildman–Crippen LogP) is 2.80. The van der Waals surface area contributed by atoms with Crippen LogP contribution in [0.2, 0.25) is 25.7 Å². The molecule has 3 aliphatic heterocycles. The molecule has 2 spiro atoms. The van der Waals surface area contributed by atoms with Gasteiger partial charge in [-0.05, 0) is 56.4 Å². The van der Waals surface area contributed by atoms with Crippen molar-refractivity contribution in [1.82, 2.24) is 19.6 Å². The molecule has 2 aliphatic carbocycles. The molecular formula is C28H44N4O8SSi. The summed E-state index contributed by atoms with van der Waals surface area (Å²) < 4.78 is 30.3. The number of urea groups is 2. The molecule has 0 bridgehead atoms. The Bertz CT molecular complexity index is 1250. The molecule has 5 fully saturated rings. The summed E-state index contributed by atoms with van der Waals surface area (Å²) in [7, 11) is -4.76. The second kappa shape index (κ2) is 11.0. The molecule has 0 N–H and O–H groups in total. The van der Waals surface area contributed by atoms with E-state index >= 15 is 0 Å². The van der Waals surface area contributed by atoms with Crippen LogP contribution >= 0.6 is 0 Å². The van der Waals surface area contributed by atoms with Gasteiger partial charge in [-0.25, -0.2) is 22.9 Å². The number of hydrogen-bond acceptors (Lipinski definition) is 8. The van der Waals surface area contributed by atoms with Crippen LogP contribution < -0.4 is 0 Å². The maximum absolute atomic E-state index is 13.5. The lowest BCUT2D eigenvalue weighted by atomic mass is 9.57. The van der Waals surface area contributed by atoms with Crippen LogP contribution in [0.3, 0.4) is 0 Å². The van der Waals surface area contributed by atoms with E-state index in [9.17, 15) is 32.4 Å². The Hall–Kier alpha value is -2.32. The molecule has 234 valence electrons. The van der Waals surface area contributed by atoms with Crippen molar-refractivity contribution < 1.29 is 37.1 Å². The van der Waals surface area contributed by atoms with Crippen molar-refractivity contribution in [3.8, 4) is 0 Å². The highest BCUT2D eigenvalue weighted by atomic mass is 32.2. The van der Waals surface area contributed by atoms with Crippen molar-refractivity contribution in [1.29, 1.82) is 0 Å². The molecule has 0 aromatic rings. The average Bonchev–Trinajstić information content (AvgIpc) is 3.05. The van der Waals surface area contributed by atoms with Gasteiger partial charge in [-0.2, -0.15) is 0 Å². The quantitative estimate of drug-likeness (QED) is 0.156. The lowest BCUT2D eigenvalue weighted by molar-refractivity contribution is -0.145. The monoisotopic (exact) mass is 624 g/mol. The van der Waals surface area contributed by atoms with Gasteiger partial charge in [0.25, 0.3) is 5.91 Å². The van der Waals surface area contributed by atoms with Gasteiger partial charge in [-0.3, -0.25) is 24.2 Å². The average molecular weight is 625 g/mol. The third-order valence-corrected chi connectivity index (χ3v) is 13.3. The van der Waals surface area contributed by atoms with E-state index in [-0.39, 0.29) is 42.2 Å². The molecule has 2 saturated carbocycles. The van der Waals surface area contributed by atoms with Crippen molar-refractivity contribution >= 4 is 47.7 Å². The maximum Gasteiger partial charge on any atom is 0.333 e. The Labute approximate surface area is 249 Å². The third-order valence-electron chi connectivity index (χ3n) is 9.80. The number of imide groups is 3. The molecule has 0 unspecified atom stereocenters. The summed E-state index contributed by atoms with van der Waals surface area (Å²) in [6.45, 7) is 9.20. The number of unbranched alkanes of at least 4 members (excludes halogenated alkanes) is 1. The van der Waals surface area contributed by atoms with Gasteiger partial charge in [0.2, 0.25) is 11.8 Å². The van der Waals surface area contributed by atoms with Gasteiger partial charge in [0.15, 0.2) is 15.4 Å². The highest BCUT2D eigenvalue weighted by molar-refractivity contribution is 7.93. The summed E-state index contributed by atoms with van der Waals surface area (Å²) >= 11 is 0. The fraction of sp³-hybridized carbons (Fsp3) is 0.821. The van der Waals surface area contributed by atoms with Gasteiger partial charge >= 0.3 is 12.1 Å². The Balaban J connectivity index is 1.21. The van der Waals surface area contributed by atoms with Crippen LogP contribution in [-0.4, -0.2) is 115 Å². The number of rotatable bonds is 10. The van der Waals surface area contributed by atoms with E-state index in [4.69, 9.17) is 4.74 Å². The normalized spacial score (nSPS) is 30.9. The zero-order chi connectivity index (χ0) is 30.7. The number of carbonyl (C=O) groups is 5. The Morgan fingerprint density at radius 1 is 0.905 bits per heavy atom. The summed E-state index contributed by atoms with van der Waals surface area (Å²) in [6.07, 6.45) is 5.26. The van der Waals surface area contributed by atoms with E-state index < -0.39 is 53.2 Å². The van der Waals surface area contributed by atoms with Crippen molar-refractivity contribution in [3.05, 3.63) is 0 Å². The third kappa shape index (κ3) is 5.54. The Morgan fingerprint density at radius 2 is 1.55 bits per heavy atom. The van der Waals surface area contributed by atoms with E-state index in [1.807, 2.05) is 6.92 Å². The molecule has 3 heterocycles. The number of carbonyl (C=O) groups excluding carboxylic acids is 5. The molecule has 5 aliphatic rings. The molecule has 14 heteroatoms. The summed E-state index contributed by atoms with van der Waals surface area (Å²) in [5.41, 5.74) is -1.43. The topological polar surface area (TPSA) is 142 Å². The standard InChI is InChI=1S/C28H44N4O8SSi/c1-5-6-11-29-22(33)14-23(34)31(25(29)36)20-7-9-27(10-8-20)15-21(16-27)32-26(37)30(19-40-12-13-42(2,3)4)24(35)28(32)17-41(38,39)18-28/h20-21H,5-19H2,1-4H3. The minimum Gasteiger partial charge on any atom is -0.361 e. The van der Waals surface area contributed by atoms with Gasteiger partial charge < -0.3 is 9.64 Å². The van der Waals surface area contributed by atoms with Crippen LogP contribution in [0.15, 0.2) is 0 Å². The molecule has 7 amide bonds. The predicted molar refractivity (Wildman–Crippen MR) is 156 cm³/mol. The first kappa shape index (κ1) is 31.1. The highest BCUT2D eigenvalue weighted by Crippen LogP contribution is 2.56. The second-order valence-corrected chi connectivity index (χ2v) is 21.9. The molecular weight excluding hydrogens is 580 g/mol. The van der Waals surface area contributed by atoms with Crippen molar-refractivity contribution in [2.45, 2.75) is 108 Å². The molecule has 0 aromatic heterocycles. The first-order chi connectivity index (χ1) is 19.6. The molecule has 5 rings (SSSR count). The first-order valence-electron chi connectivity index (χ1n) is 15.2. The fourth-order valence-corrected chi connectivity index (χ4v) is 10.1. The number of ether oxygens (including phenoxy) is 1. The van der Waals surface area contributed by atoms with E-state index in [0.29, 0.717) is 45.3 Å². The van der Waals surface area contributed by atoms with Gasteiger partial charge in [0.1, 0.15) is 13.2 Å². The zero-order valence-corrected chi connectivity index (χ0v) is 27.0. The van der Waals surface area contributed by atoms with Crippen LogP contribution in [0, 0.1) is 5.41 Å². The SMILES string of the molecule is CCCCN1C(=O)CC(=O)N(C2CCC3(CC2)CC(N2C(=O)N(COCC[Si](C)(C)C)C(=O)C24CS(=O)(=O)C4)C3)C1=O. The minimum atomic E-state index is -3.40. The molecule has 0 radical (unpaired) electrons. The summed E-state index contributed by atoms with van der Waals surface area (Å²) in [6, 6.07) is -0.619. The van der Waals surface area contributed by atoms with Gasteiger partial charge in [0.05, 0.1) is 11.5 Å². The fourth-order valence-electron chi connectivity index (χ4n) is 7.41. The van der Waals surface area contributed by atoms with Crippen LogP contribution in [-0.2, 0) is 29.0 Å². The van der Waals surface area contributed by atoms with Gasteiger partial charge in [-0.1, -0.05) is 33.0 Å². The number of hydrogen-bond donors (Lipinski definition) is 0. The summed E-state index contributed by atoms with van der Waals surface area (Å²) in [5, 5.41) is 0. The van der Waals surface area contributed by atoms with Crippen molar-refractivity contribution in [2.75, 3.05) is 31.4 Å². The van der Waals surface area contributed by atoms with Crippen LogP contribution in [0.25, 0.3) is 0 Å². The van der Waals surface area contributed by atoms with Crippen molar-refractivity contribution in [3.63, 3.8) is 0 Å². The zero-order valence-electron chi connectivity index (χ0n) is 25.2. The van der Waals surface area contributed by atoms with E-state index in [1.54, 1.807) is 0 Å². The largest absolute Gasteiger partial charge is 0.361 e. The van der Waals surface area contributed by atoms with Crippen molar-refractivity contribution in [2.24, 2.45) is 5.41 Å². The lowest BCUT2D eigenvalue weighted by Gasteiger charge is -2.57. The Morgan fingerprint density at radius 3 is 2.12 bits per heavy atom. The van der Waals surface area contributed by atoms with E-state index in [1.165, 1.54) is 14.7 Å². The Kier molecular flexibility index (Phi) is 8.14. The number of barbiturate groups is 1. The molecule has 12 nitrogen and oxygen atoms in total. The van der Waals surface area contributed by atoms with Crippen LogP contribution in [0.5, 0.6) is 0 Å². The van der Waals surface area contributed by atoms with E-state index in [2.05, 4.69) is 19.6 Å². The smallest absolute Gasteiger partial charge is 0.333 e. The van der Waals surface area contributed by atoms with Crippen LogP contribution in [0.4, 0.5) is 9.59 Å². The first-order valence-corrected chi connectivity index (χ1v) is 20.7. The summed E-state index contributed by atoms with van der Waals surface area (Å²) in [5.74, 6) is -2.06. The molecule has 3 saturated heterocycles. The minimum absolute atomic E-state index is 0.0881. The maximum atomic E-state index is 13.5. The molecule has 0 aromatic carbocycles. The molecule has 42 heavy (non-hydrogen) atoms. The molecule has 0 atom stereocenters. The highest BCUT2D eigenvalue weighted by Gasteiger charge is 2.69. The number of sulfone groups is 1. The number of amides is 7.